The fourth-order valence-corrected chi connectivity index (χ4v) is 3.91. The third-order valence-electron chi connectivity index (χ3n) is 5.36. The fraction of sp³-hybridized carbons (Fsp3) is 0.0714. The molecule has 0 fully saturated rings. The minimum Gasteiger partial charge on any atom is -0.460 e. The molecule has 0 amide bonds. The summed E-state index contributed by atoms with van der Waals surface area (Å²) in [6.45, 7) is 3.92. The summed E-state index contributed by atoms with van der Waals surface area (Å²) >= 11 is 0. The van der Waals surface area contributed by atoms with Gasteiger partial charge >= 0.3 is 5.97 Å². The predicted octanol–water partition coefficient (Wildman–Crippen LogP) is 6.57. The third kappa shape index (κ3) is 4.08. The van der Waals surface area contributed by atoms with Crippen molar-refractivity contribution in [3.05, 3.63) is 112 Å². The Morgan fingerprint density at radius 3 is 2.36 bits per heavy atom. The zero-order chi connectivity index (χ0) is 22.9. The molecule has 0 unspecified atom stereocenters. The van der Waals surface area contributed by atoms with Crippen LogP contribution in [0.15, 0.2) is 94.3 Å². The minimum absolute atomic E-state index is 0.0907. The largest absolute Gasteiger partial charge is 0.460 e. The van der Waals surface area contributed by atoms with Gasteiger partial charge in [0.25, 0.3) is 0 Å². The molecule has 5 nitrogen and oxygen atoms in total. The first-order valence-electron chi connectivity index (χ1n) is 10.5. The average molecular weight is 436 g/mol. The van der Waals surface area contributed by atoms with E-state index in [1.807, 2.05) is 68.4 Å². The molecule has 5 heteroatoms. The molecule has 1 heterocycles. The van der Waals surface area contributed by atoms with Crippen LogP contribution >= 0.6 is 0 Å². The second-order valence-corrected chi connectivity index (χ2v) is 7.93. The number of esters is 1. The number of ether oxygens (including phenoxy) is 2. The number of aryl methyl sites for hydroxylation is 2. The fourth-order valence-electron chi connectivity index (χ4n) is 3.91. The van der Waals surface area contributed by atoms with Crippen LogP contribution in [0.3, 0.4) is 0 Å². The Morgan fingerprint density at radius 2 is 1.55 bits per heavy atom. The molecule has 4 aromatic carbocycles. The van der Waals surface area contributed by atoms with Crippen LogP contribution < -0.4 is 14.9 Å². The van der Waals surface area contributed by atoms with Gasteiger partial charge in [-0.05, 0) is 66.1 Å². The van der Waals surface area contributed by atoms with Crippen molar-refractivity contribution in [2.45, 2.75) is 13.8 Å². The van der Waals surface area contributed by atoms with Crippen molar-refractivity contribution >= 4 is 27.7 Å². The number of rotatable bonds is 4. The van der Waals surface area contributed by atoms with Crippen molar-refractivity contribution in [1.82, 2.24) is 0 Å². The standard InChI is InChI=1S/C28H20O5/c1-17-12-18(2)14-21(13-17)32-26-16-31-25-15-20(10-11-24(25)27(26)29)33-28(30)23-9-5-7-19-6-3-4-8-22(19)23/h3-16H,1-2H3. The van der Waals surface area contributed by atoms with Crippen molar-refractivity contribution < 1.29 is 18.7 Å². The van der Waals surface area contributed by atoms with E-state index >= 15 is 0 Å². The monoisotopic (exact) mass is 436 g/mol. The van der Waals surface area contributed by atoms with Gasteiger partial charge in [0.1, 0.15) is 23.3 Å². The Hall–Kier alpha value is -4.38. The van der Waals surface area contributed by atoms with Gasteiger partial charge in [-0.15, -0.1) is 0 Å². The first kappa shape index (κ1) is 20.5. The van der Waals surface area contributed by atoms with Gasteiger partial charge in [0.05, 0.1) is 10.9 Å². The van der Waals surface area contributed by atoms with E-state index in [1.54, 1.807) is 18.2 Å². The lowest BCUT2D eigenvalue weighted by Crippen LogP contribution is -2.09. The SMILES string of the molecule is Cc1cc(C)cc(Oc2coc3cc(OC(=O)c4cccc5ccccc45)ccc3c2=O)c1. The summed E-state index contributed by atoms with van der Waals surface area (Å²) in [4.78, 5) is 25.7. The molecule has 0 atom stereocenters. The first-order chi connectivity index (χ1) is 16.0. The Bertz CT molecular complexity index is 1550. The highest BCUT2D eigenvalue weighted by Crippen LogP contribution is 2.26. The van der Waals surface area contributed by atoms with E-state index in [4.69, 9.17) is 13.9 Å². The average Bonchev–Trinajstić information content (AvgIpc) is 2.80. The first-order valence-corrected chi connectivity index (χ1v) is 10.5. The molecule has 0 N–H and O–H groups in total. The summed E-state index contributed by atoms with van der Waals surface area (Å²) in [5.74, 6) is 0.461. The van der Waals surface area contributed by atoms with Crippen LogP contribution in [-0.2, 0) is 0 Å². The Kier molecular flexibility index (Phi) is 5.15. The van der Waals surface area contributed by atoms with Crippen LogP contribution in [0.25, 0.3) is 21.7 Å². The molecule has 0 saturated carbocycles. The van der Waals surface area contributed by atoms with Crippen LogP contribution in [0.5, 0.6) is 17.2 Å². The quantitative estimate of drug-likeness (QED) is 0.235. The molecule has 5 aromatic rings. The number of hydrogen-bond acceptors (Lipinski definition) is 5. The molecule has 1 aromatic heterocycles. The van der Waals surface area contributed by atoms with Gasteiger partial charge in [0, 0.05) is 6.07 Å². The van der Waals surface area contributed by atoms with E-state index in [-0.39, 0.29) is 16.9 Å². The predicted molar refractivity (Wildman–Crippen MR) is 127 cm³/mol. The van der Waals surface area contributed by atoms with Gasteiger partial charge in [-0.1, -0.05) is 42.5 Å². The van der Waals surface area contributed by atoms with E-state index in [1.165, 1.54) is 12.3 Å². The Balaban J connectivity index is 1.43. The van der Waals surface area contributed by atoms with Crippen LogP contribution in [0, 0.1) is 13.8 Å². The molecular formula is C28H20O5. The molecule has 0 saturated heterocycles. The maximum absolute atomic E-state index is 12.9. The summed E-state index contributed by atoms with van der Waals surface area (Å²) in [6.07, 6.45) is 1.28. The highest BCUT2D eigenvalue weighted by molar-refractivity contribution is 6.05. The number of carbonyl (C=O) groups is 1. The number of fused-ring (bicyclic) bond motifs is 2. The highest BCUT2D eigenvalue weighted by Gasteiger charge is 2.15. The molecular weight excluding hydrogens is 416 g/mol. The smallest absolute Gasteiger partial charge is 0.344 e. The number of carbonyl (C=O) groups excluding carboxylic acids is 1. The molecule has 0 aliphatic rings. The van der Waals surface area contributed by atoms with Crippen molar-refractivity contribution in [3.63, 3.8) is 0 Å². The topological polar surface area (TPSA) is 65.7 Å². The molecule has 0 bridgehead atoms. The summed E-state index contributed by atoms with van der Waals surface area (Å²) in [5, 5.41) is 2.10. The molecule has 162 valence electrons. The second kappa shape index (κ2) is 8.28. The van der Waals surface area contributed by atoms with Crippen molar-refractivity contribution in [2.24, 2.45) is 0 Å². The van der Waals surface area contributed by atoms with E-state index in [9.17, 15) is 9.59 Å². The van der Waals surface area contributed by atoms with Crippen LogP contribution in [-0.4, -0.2) is 5.97 Å². The molecule has 0 aliphatic carbocycles. The lowest BCUT2D eigenvalue weighted by Gasteiger charge is -2.09. The maximum atomic E-state index is 12.9. The van der Waals surface area contributed by atoms with Gasteiger partial charge in [-0.25, -0.2) is 4.79 Å². The maximum Gasteiger partial charge on any atom is 0.344 e. The molecule has 0 spiro atoms. The van der Waals surface area contributed by atoms with E-state index in [0.717, 1.165) is 21.9 Å². The van der Waals surface area contributed by atoms with Gasteiger partial charge in [0.2, 0.25) is 11.2 Å². The van der Waals surface area contributed by atoms with Crippen molar-refractivity contribution in [2.75, 3.05) is 0 Å². The molecule has 33 heavy (non-hydrogen) atoms. The normalized spacial score (nSPS) is 11.0. The lowest BCUT2D eigenvalue weighted by molar-refractivity contribution is 0.0737. The lowest BCUT2D eigenvalue weighted by atomic mass is 10.0. The molecule has 0 aliphatic heterocycles. The zero-order valence-electron chi connectivity index (χ0n) is 18.1. The van der Waals surface area contributed by atoms with E-state index in [2.05, 4.69) is 0 Å². The van der Waals surface area contributed by atoms with Crippen molar-refractivity contribution in [1.29, 1.82) is 0 Å². The van der Waals surface area contributed by atoms with Crippen molar-refractivity contribution in [3.8, 4) is 17.2 Å². The summed E-state index contributed by atoms with van der Waals surface area (Å²) in [6, 6.07) is 23.5. The van der Waals surface area contributed by atoms with Crippen LogP contribution in [0.4, 0.5) is 0 Å². The Morgan fingerprint density at radius 1 is 0.788 bits per heavy atom. The van der Waals surface area contributed by atoms with Gasteiger partial charge < -0.3 is 13.9 Å². The highest BCUT2D eigenvalue weighted by atomic mass is 16.5. The summed E-state index contributed by atoms with van der Waals surface area (Å²) in [5.41, 5.74) is 2.53. The van der Waals surface area contributed by atoms with E-state index < -0.39 is 5.97 Å². The van der Waals surface area contributed by atoms with Gasteiger partial charge in [-0.3, -0.25) is 4.79 Å². The Labute approximate surface area is 189 Å². The molecule has 5 rings (SSSR count). The number of hydrogen-bond donors (Lipinski definition) is 0. The minimum atomic E-state index is -0.483. The third-order valence-corrected chi connectivity index (χ3v) is 5.36. The second-order valence-electron chi connectivity index (χ2n) is 7.93. The summed E-state index contributed by atoms with van der Waals surface area (Å²) in [7, 11) is 0. The number of benzene rings is 4. The van der Waals surface area contributed by atoms with E-state index in [0.29, 0.717) is 22.3 Å². The summed E-state index contributed by atoms with van der Waals surface area (Å²) < 4.78 is 17.0. The molecule has 0 radical (unpaired) electrons. The van der Waals surface area contributed by atoms with Crippen LogP contribution in [0.1, 0.15) is 21.5 Å². The van der Waals surface area contributed by atoms with Gasteiger partial charge in [-0.2, -0.15) is 0 Å². The van der Waals surface area contributed by atoms with Gasteiger partial charge in [0.15, 0.2) is 0 Å². The van der Waals surface area contributed by atoms with Crippen LogP contribution in [0.2, 0.25) is 0 Å². The zero-order valence-corrected chi connectivity index (χ0v) is 18.1.